The van der Waals surface area contributed by atoms with Gasteiger partial charge in [0.25, 0.3) is 0 Å². The number of benzene rings is 1. The predicted molar refractivity (Wildman–Crippen MR) is 86.8 cm³/mol. The molecule has 5 heteroatoms. The molecule has 4 nitrogen and oxygen atoms in total. The molecule has 0 unspecified atom stereocenters. The number of aliphatic carboxylic acids is 1. The lowest BCUT2D eigenvalue weighted by atomic mass is 9.81. The van der Waals surface area contributed by atoms with E-state index in [1.807, 2.05) is 12.1 Å². The average Bonchev–Trinajstić information content (AvgIpc) is 2.96. The van der Waals surface area contributed by atoms with Crippen molar-refractivity contribution in [2.45, 2.75) is 32.2 Å². The second kappa shape index (κ2) is 6.48. The van der Waals surface area contributed by atoms with Crippen LogP contribution in [0.15, 0.2) is 29.6 Å². The van der Waals surface area contributed by atoms with E-state index in [1.165, 1.54) is 10.1 Å². The molecule has 1 aliphatic rings. The second-order valence-electron chi connectivity index (χ2n) is 5.86. The third kappa shape index (κ3) is 3.14. The minimum absolute atomic E-state index is 0.0412. The Bertz CT molecular complexity index is 686. The summed E-state index contributed by atoms with van der Waals surface area (Å²) in [6, 6.07) is 8.18. The zero-order valence-electron chi connectivity index (χ0n) is 12.2. The molecule has 1 fully saturated rings. The van der Waals surface area contributed by atoms with Gasteiger partial charge in [-0.25, -0.2) is 0 Å². The normalized spacial score (nSPS) is 21.6. The fraction of sp³-hybridized carbons (Fsp3) is 0.412. The highest BCUT2D eigenvalue weighted by molar-refractivity contribution is 7.17. The molecule has 2 N–H and O–H groups in total. The molecule has 1 aliphatic carbocycles. The first kappa shape index (κ1) is 15.0. The van der Waals surface area contributed by atoms with Gasteiger partial charge >= 0.3 is 5.97 Å². The third-order valence-corrected chi connectivity index (χ3v) is 5.47. The number of thiophene rings is 1. The molecule has 1 saturated carbocycles. The molecule has 2 aromatic rings. The number of carboxylic acid groups (broad SMARTS) is 1. The van der Waals surface area contributed by atoms with E-state index in [0.29, 0.717) is 32.2 Å². The predicted octanol–water partition coefficient (Wildman–Crippen LogP) is 3.41. The fourth-order valence-electron chi connectivity index (χ4n) is 3.10. The van der Waals surface area contributed by atoms with Crippen LogP contribution in [0.3, 0.4) is 0 Å². The van der Waals surface area contributed by atoms with Gasteiger partial charge in [-0.1, -0.05) is 18.2 Å². The molecule has 116 valence electrons. The van der Waals surface area contributed by atoms with E-state index in [4.69, 9.17) is 5.11 Å². The van der Waals surface area contributed by atoms with Gasteiger partial charge in [-0.05, 0) is 48.1 Å². The zero-order valence-corrected chi connectivity index (χ0v) is 13.1. The fourth-order valence-corrected chi connectivity index (χ4v) is 4.06. The molecule has 0 saturated heterocycles. The molecule has 0 bridgehead atoms. The van der Waals surface area contributed by atoms with Gasteiger partial charge in [0.05, 0.1) is 5.92 Å². The lowest BCUT2D eigenvalue weighted by Gasteiger charge is -2.25. The molecule has 1 aromatic heterocycles. The topological polar surface area (TPSA) is 66.4 Å². The van der Waals surface area contributed by atoms with Crippen molar-refractivity contribution < 1.29 is 14.7 Å². The molecule has 1 amide bonds. The molecular formula is C17H19NO3S. The molecule has 1 heterocycles. The van der Waals surface area contributed by atoms with Crippen LogP contribution < -0.4 is 5.32 Å². The van der Waals surface area contributed by atoms with Crippen LogP contribution in [0.1, 0.15) is 31.2 Å². The summed E-state index contributed by atoms with van der Waals surface area (Å²) in [4.78, 5) is 23.2. The van der Waals surface area contributed by atoms with E-state index >= 15 is 0 Å². The first-order valence-corrected chi connectivity index (χ1v) is 8.48. The molecule has 0 aliphatic heterocycles. The molecule has 22 heavy (non-hydrogen) atoms. The van der Waals surface area contributed by atoms with Crippen molar-refractivity contribution in [2.24, 2.45) is 11.8 Å². The van der Waals surface area contributed by atoms with Gasteiger partial charge in [-0.15, -0.1) is 11.3 Å². The SMILES string of the molecule is O=C(O)C1CCC(C(=O)NCc2csc3ccccc23)CC1. The highest BCUT2D eigenvalue weighted by atomic mass is 32.1. The number of nitrogens with one attached hydrogen (secondary N) is 1. The molecule has 3 rings (SSSR count). The molecule has 1 aromatic carbocycles. The first-order chi connectivity index (χ1) is 10.6. The average molecular weight is 317 g/mol. The van der Waals surface area contributed by atoms with Gasteiger partial charge < -0.3 is 10.4 Å². The highest BCUT2D eigenvalue weighted by Gasteiger charge is 2.29. The number of rotatable bonds is 4. The zero-order chi connectivity index (χ0) is 15.5. The van der Waals surface area contributed by atoms with E-state index in [2.05, 4.69) is 22.8 Å². The van der Waals surface area contributed by atoms with Crippen LogP contribution in [0.5, 0.6) is 0 Å². The van der Waals surface area contributed by atoms with Crippen LogP contribution in [-0.2, 0) is 16.1 Å². The first-order valence-electron chi connectivity index (χ1n) is 7.61. The Hall–Kier alpha value is -1.88. The van der Waals surface area contributed by atoms with E-state index in [0.717, 1.165) is 5.56 Å². The molecular weight excluding hydrogens is 298 g/mol. The molecule has 0 radical (unpaired) electrons. The smallest absolute Gasteiger partial charge is 0.306 e. The minimum Gasteiger partial charge on any atom is -0.481 e. The summed E-state index contributed by atoms with van der Waals surface area (Å²) in [5.74, 6) is -0.993. The third-order valence-electron chi connectivity index (χ3n) is 4.46. The van der Waals surface area contributed by atoms with E-state index in [9.17, 15) is 9.59 Å². The largest absolute Gasteiger partial charge is 0.481 e. The summed E-state index contributed by atoms with van der Waals surface area (Å²) in [6.07, 6.45) is 2.56. The van der Waals surface area contributed by atoms with Crippen LogP contribution in [-0.4, -0.2) is 17.0 Å². The van der Waals surface area contributed by atoms with Gasteiger partial charge in [0.15, 0.2) is 0 Å². The Balaban J connectivity index is 1.56. The maximum atomic E-state index is 12.3. The number of fused-ring (bicyclic) bond motifs is 1. The van der Waals surface area contributed by atoms with Crippen molar-refractivity contribution in [3.05, 3.63) is 35.2 Å². The summed E-state index contributed by atoms with van der Waals surface area (Å²) >= 11 is 1.69. The summed E-state index contributed by atoms with van der Waals surface area (Å²) in [6.45, 7) is 0.543. The van der Waals surface area contributed by atoms with E-state index < -0.39 is 5.97 Å². The number of hydrogen-bond donors (Lipinski definition) is 2. The number of amides is 1. The van der Waals surface area contributed by atoms with Crippen LogP contribution >= 0.6 is 11.3 Å². The van der Waals surface area contributed by atoms with Crippen LogP contribution in [0.4, 0.5) is 0 Å². The monoisotopic (exact) mass is 317 g/mol. The van der Waals surface area contributed by atoms with Crippen molar-refractivity contribution in [3.8, 4) is 0 Å². The maximum Gasteiger partial charge on any atom is 0.306 e. The Kier molecular flexibility index (Phi) is 4.43. The van der Waals surface area contributed by atoms with Gasteiger partial charge in [-0.3, -0.25) is 9.59 Å². The van der Waals surface area contributed by atoms with Gasteiger partial charge in [0.2, 0.25) is 5.91 Å². The van der Waals surface area contributed by atoms with Crippen molar-refractivity contribution in [1.82, 2.24) is 5.32 Å². The van der Waals surface area contributed by atoms with Gasteiger partial charge in [0.1, 0.15) is 0 Å². The number of carbonyl (C=O) groups is 2. The lowest BCUT2D eigenvalue weighted by molar-refractivity contribution is -0.144. The van der Waals surface area contributed by atoms with Crippen LogP contribution in [0, 0.1) is 11.8 Å². The molecule has 0 atom stereocenters. The van der Waals surface area contributed by atoms with Gasteiger partial charge in [0, 0.05) is 17.2 Å². The summed E-state index contributed by atoms with van der Waals surface area (Å²) < 4.78 is 1.23. The number of hydrogen-bond acceptors (Lipinski definition) is 3. The Morgan fingerprint density at radius 3 is 2.55 bits per heavy atom. The number of carbonyl (C=O) groups excluding carboxylic acids is 1. The Morgan fingerprint density at radius 1 is 1.14 bits per heavy atom. The van der Waals surface area contributed by atoms with Crippen molar-refractivity contribution >= 4 is 33.3 Å². The lowest BCUT2D eigenvalue weighted by Crippen LogP contribution is -2.34. The molecule has 0 spiro atoms. The van der Waals surface area contributed by atoms with Crippen molar-refractivity contribution in [2.75, 3.05) is 0 Å². The van der Waals surface area contributed by atoms with E-state index in [-0.39, 0.29) is 17.7 Å². The van der Waals surface area contributed by atoms with Crippen molar-refractivity contribution in [3.63, 3.8) is 0 Å². The standard InChI is InChI=1S/C17H19NO3S/c19-16(11-5-7-12(8-6-11)17(20)21)18-9-13-10-22-15-4-2-1-3-14(13)15/h1-4,10-12H,5-9H2,(H,18,19)(H,20,21). The van der Waals surface area contributed by atoms with Crippen LogP contribution in [0.25, 0.3) is 10.1 Å². The van der Waals surface area contributed by atoms with E-state index in [1.54, 1.807) is 11.3 Å². The summed E-state index contributed by atoms with van der Waals surface area (Å²) in [7, 11) is 0. The second-order valence-corrected chi connectivity index (χ2v) is 6.77. The minimum atomic E-state index is -0.733. The highest BCUT2D eigenvalue weighted by Crippen LogP contribution is 2.29. The Morgan fingerprint density at radius 2 is 1.82 bits per heavy atom. The summed E-state index contributed by atoms with van der Waals surface area (Å²) in [5.41, 5.74) is 1.15. The van der Waals surface area contributed by atoms with Crippen LogP contribution in [0.2, 0.25) is 0 Å². The number of carboxylic acids is 1. The maximum absolute atomic E-state index is 12.3. The van der Waals surface area contributed by atoms with Gasteiger partial charge in [-0.2, -0.15) is 0 Å². The Labute approximate surface area is 133 Å². The quantitative estimate of drug-likeness (QED) is 0.908. The van der Waals surface area contributed by atoms with Crippen molar-refractivity contribution in [1.29, 1.82) is 0 Å². The summed E-state index contributed by atoms with van der Waals surface area (Å²) in [5, 5.41) is 15.3.